The average molecular weight is 417 g/mol. The zero-order chi connectivity index (χ0) is 20.6. The molecule has 4 saturated carbocycles. The predicted octanol–water partition coefficient (Wildman–Crippen LogP) is 3.67. The number of carbonyl (C=O) groups excluding carboxylic acids is 1. The van der Waals surface area contributed by atoms with Crippen LogP contribution in [0.2, 0.25) is 0 Å². The van der Waals surface area contributed by atoms with Gasteiger partial charge in [0.15, 0.2) is 0 Å². The standard InChI is InChI=1S/C23H32N2O3S/c1-3-25(4-2)29(27,28)21-8-5-16(6-9-21)7-10-22(26)24-23-19-12-17-11-18(14-19)15-20(23)13-17/h5-10,17-20,23H,3-4,11-15H2,1-2H3,(H,24,26)/b10-7+. The molecule has 1 N–H and O–H groups in total. The Labute approximate surface area is 174 Å². The molecule has 0 heterocycles. The summed E-state index contributed by atoms with van der Waals surface area (Å²) in [6.45, 7) is 4.57. The van der Waals surface area contributed by atoms with Crippen molar-refractivity contribution in [2.45, 2.75) is 56.9 Å². The van der Waals surface area contributed by atoms with Crippen molar-refractivity contribution in [2.24, 2.45) is 23.7 Å². The molecule has 4 aliphatic rings. The molecule has 6 heteroatoms. The molecule has 0 spiro atoms. The van der Waals surface area contributed by atoms with E-state index in [1.807, 2.05) is 13.8 Å². The Hall–Kier alpha value is -1.66. The molecule has 0 saturated heterocycles. The molecule has 0 atom stereocenters. The van der Waals surface area contributed by atoms with Crippen LogP contribution in [0.25, 0.3) is 6.08 Å². The van der Waals surface area contributed by atoms with Crippen LogP contribution in [0.3, 0.4) is 0 Å². The summed E-state index contributed by atoms with van der Waals surface area (Å²) in [5.41, 5.74) is 0.823. The van der Waals surface area contributed by atoms with E-state index in [1.54, 1.807) is 36.4 Å². The molecule has 158 valence electrons. The van der Waals surface area contributed by atoms with Crippen molar-refractivity contribution < 1.29 is 13.2 Å². The van der Waals surface area contributed by atoms with Crippen LogP contribution < -0.4 is 5.32 Å². The first-order valence-electron chi connectivity index (χ1n) is 11.0. The molecule has 5 rings (SSSR count). The Kier molecular flexibility index (Phi) is 5.85. The lowest BCUT2D eigenvalue weighted by molar-refractivity contribution is -0.120. The second-order valence-corrected chi connectivity index (χ2v) is 10.9. The Balaban J connectivity index is 1.37. The van der Waals surface area contributed by atoms with Crippen molar-refractivity contribution in [1.82, 2.24) is 9.62 Å². The molecule has 29 heavy (non-hydrogen) atoms. The number of carbonyl (C=O) groups is 1. The second kappa shape index (κ2) is 8.23. The van der Waals surface area contributed by atoms with Crippen LogP contribution >= 0.6 is 0 Å². The molecule has 5 nitrogen and oxygen atoms in total. The van der Waals surface area contributed by atoms with E-state index < -0.39 is 10.0 Å². The maximum absolute atomic E-state index is 12.6. The minimum atomic E-state index is -3.45. The molecule has 0 aliphatic heterocycles. The third-order valence-corrected chi connectivity index (χ3v) is 9.25. The summed E-state index contributed by atoms with van der Waals surface area (Å²) in [5.74, 6) is 3.07. The summed E-state index contributed by atoms with van der Waals surface area (Å²) >= 11 is 0. The summed E-state index contributed by atoms with van der Waals surface area (Å²) < 4.78 is 26.6. The largest absolute Gasteiger partial charge is 0.349 e. The minimum absolute atomic E-state index is 0.0395. The fourth-order valence-electron chi connectivity index (χ4n) is 6.01. The van der Waals surface area contributed by atoms with Crippen molar-refractivity contribution in [3.63, 3.8) is 0 Å². The first-order valence-corrected chi connectivity index (χ1v) is 12.4. The number of rotatable bonds is 7. The van der Waals surface area contributed by atoms with E-state index in [1.165, 1.54) is 36.4 Å². The van der Waals surface area contributed by atoms with Crippen molar-refractivity contribution in [3.05, 3.63) is 35.9 Å². The number of hydrogen-bond donors (Lipinski definition) is 1. The van der Waals surface area contributed by atoms with Gasteiger partial charge in [-0.25, -0.2) is 8.42 Å². The topological polar surface area (TPSA) is 66.5 Å². The zero-order valence-corrected chi connectivity index (χ0v) is 18.2. The first-order chi connectivity index (χ1) is 13.9. The van der Waals surface area contributed by atoms with Gasteiger partial charge in [0.05, 0.1) is 4.90 Å². The van der Waals surface area contributed by atoms with Gasteiger partial charge in [-0.15, -0.1) is 0 Å². The highest BCUT2D eigenvalue weighted by Gasteiger charge is 2.48. The number of sulfonamides is 1. The Morgan fingerprint density at radius 1 is 1.00 bits per heavy atom. The highest BCUT2D eigenvalue weighted by Crippen LogP contribution is 2.53. The summed E-state index contributed by atoms with van der Waals surface area (Å²) in [4.78, 5) is 12.8. The molecule has 4 fully saturated rings. The quantitative estimate of drug-likeness (QED) is 0.690. The minimum Gasteiger partial charge on any atom is -0.349 e. The SMILES string of the molecule is CCN(CC)S(=O)(=O)c1ccc(/C=C/C(=O)NC2C3CC4CC(C3)CC2C4)cc1. The van der Waals surface area contributed by atoms with Crippen LogP contribution in [-0.4, -0.2) is 37.8 Å². The van der Waals surface area contributed by atoms with Gasteiger partial charge >= 0.3 is 0 Å². The number of hydrogen-bond acceptors (Lipinski definition) is 3. The van der Waals surface area contributed by atoms with Crippen LogP contribution in [0.4, 0.5) is 0 Å². The fraction of sp³-hybridized carbons (Fsp3) is 0.609. The molecule has 1 aromatic carbocycles. The van der Waals surface area contributed by atoms with E-state index in [0.717, 1.165) is 17.4 Å². The molecule has 4 bridgehead atoms. The van der Waals surface area contributed by atoms with E-state index >= 15 is 0 Å². The third kappa shape index (κ3) is 4.15. The molecule has 4 aliphatic carbocycles. The molecular weight excluding hydrogens is 384 g/mol. The Morgan fingerprint density at radius 3 is 2.07 bits per heavy atom. The Morgan fingerprint density at radius 2 is 1.55 bits per heavy atom. The van der Waals surface area contributed by atoms with Gasteiger partial charge in [-0.05, 0) is 79.5 Å². The van der Waals surface area contributed by atoms with Crippen LogP contribution in [0.15, 0.2) is 35.2 Å². The molecular formula is C23H32N2O3S. The Bertz CT molecular complexity index is 844. The number of amides is 1. The van der Waals surface area contributed by atoms with Crippen LogP contribution in [-0.2, 0) is 14.8 Å². The van der Waals surface area contributed by atoms with Gasteiger partial charge in [0, 0.05) is 25.2 Å². The van der Waals surface area contributed by atoms with Crippen LogP contribution in [0, 0.1) is 23.7 Å². The highest BCUT2D eigenvalue weighted by atomic mass is 32.2. The fourth-order valence-corrected chi connectivity index (χ4v) is 7.47. The van der Waals surface area contributed by atoms with Crippen molar-refractivity contribution >= 4 is 22.0 Å². The van der Waals surface area contributed by atoms with Crippen molar-refractivity contribution in [2.75, 3.05) is 13.1 Å². The molecule has 0 radical (unpaired) electrons. The van der Waals surface area contributed by atoms with E-state index in [0.29, 0.717) is 31.0 Å². The summed E-state index contributed by atoms with van der Waals surface area (Å²) in [6.07, 6.45) is 9.88. The van der Waals surface area contributed by atoms with Gasteiger partial charge in [-0.1, -0.05) is 26.0 Å². The van der Waals surface area contributed by atoms with E-state index in [-0.39, 0.29) is 10.8 Å². The van der Waals surface area contributed by atoms with E-state index in [9.17, 15) is 13.2 Å². The summed E-state index contributed by atoms with van der Waals surface area (Å²) in [6, 6.07) is 7.07. The first kappa shape index (κ1) is 20.6. The third-order valence-electron chi connectivity index (χ3n) is 7.19. The van der Waals surface area contributed by atoms with Gasteiger partial charge in [-0.3, -0.25) is 4.79 Å². The van der Waals surface area contributed by atoms with Gasteiger partial charge < -0.3 is 5.32 Å². The number of benzene rings is 1. The van der Waals surface area contributed by atoms with Crippen molar-refractivity contribution in [1.29, 1.82) is 0 Å². The number of nitrogens with one attached hydrogen (secondary N) is 1. The molecule has 1 amide bonds. The maximum Gasteiger partial charge on any atom is 0.244 e. The van der Waals surface area contributed by atoms with Crippen LogP contribution in [0.5, 0.6) is 0 Å². The highest BCUT2D eigenvalue weighted by molar-refractivity contribution is 7.89. The van der Waals surface area contributed by atoms with Gasteiger partial charge in [0.25, 0.3) is 0 Å². The van der Waals surface area contributed by atoms with Gasteiger partial charge in [0.2, 0.25) is 15.9 Å². The summed E-state index contributed by atoms with van der Waals surface area (Å²) in [7, 11) is -3.45. The predicted molar refractivity (Wildman–Crippen MR) is 115 cm³/mol. The van der Waals surface area contributed by atoms with Gasteiger partial charge in [-0.2, -0.15) is 4.31 Å². The zero-order valence-electron chi connectivity index (χ0n) is 17.4. The lowest BCUT2D eigenvalue weighted by atomic mass is 9.54. The van der Waals surface area contributed by atoms with Crippen LogP contribution in [0.1, 0.15) is 51.5 Å². The smallest absolute Gasteiger partial charge is 0.244 e. The van der Waals surface area contributed by atoms with Crippen molar-refractivity contribution in [3.8, 4) is 0 Å². The summed E-state index contributed by atoms with van der Waals surface area (Å²) in [5, 5.41) is 3.27. The second-order valence-electron chi connectivity index (χ2n) is 8.96. The van der Waals surface area contributed by atoms with E-state index in [2.05, 4.69) is 5.32 Å². The lowest BCUT2D eigenvalue weighted by Crippen LogP contribution is -2.55. The van der Waals surface area contributed by atoms with E-state index in [4.69, 9.17) is 0 Å². The maximum atomic E-state index is 12.6. The average Bonchev–Trinajstić information content (AvgIpc) is 2.69. The molecule has 0 unspecified atom stereocenters. The normalized spacial score (nSPS) is 30.9. The lowest BCUT2D eigenvalue weighted by Gasteiger charge is -2.54. The number of nitrogens with zero attached hydrogens (tertiary/aromatic N) is 1. The molecule has 1 aromatic rings. The van der Waals surface area contributed by atoms with Gasteiger partial charge in [0.1, 0.15) is 0 Å². The molecule has 0 aromatic heterocycles. The monoisotopic (exact) mass is 416 g/mol.